The zero-order valence-electron chi connectivity index (χ0n) is 9.95. The van der Waals surface area contributed by atoms with E-state index in [9.17, 15) is 8.42 Å². The minimum Gasteiger partial charge on any atom is -0.264 e. The molecule has 0 fully saturated rings. The maximum atomic E-state index is 12.0. The van der Waals surface area contributed by atoms with Crippen molar-refractivity contribution in [1.82, 2.24) is 4.98 Å². The third-order valence-electron chi connectivity index (χ3n) is 2.47. The van der Waals surface area contributed by atoms with Crippen molar-refractivity contribution < 1.29 is 8.42 Å². The number of hydrogen-bond acceptors (Lipinski definition) is 3. The van der Waals surface area contributed by atoms with Crippen LogP contribution in [0.2, 0.25) is 0 Å². The highest BCUT2D eigenvalue weighted by Gasteiger charge is 2.09. The van der Waals surface area contributed by atoms with Crippen LogP contribution in [0.3, 0.4) is 0 Å². The first-order chi connectivity index (χ1) is 8.58. The van der Waals surface area contributed by atoms with E-state index in [1.165, 1.54) is 5.41 Å². The van der Waals surface area contributed by atoms with E-state index in [4.69, 9.17) is 0 Å². The molecule has 18 heavy (non-hydrogen) atoms. The number of hydrogen-bond donors (Lipinski definition) is 0. The lowest BCUT2D eigenvalue weighted by molar-refractivity contribution is 0.605. The van der Waals surface area contributed by atoms with Crippen LogP contribution in [0.5, 0.6) is 0 Å². The van der Waals surface area contributed by atoms with Crippen LogP contribution in [0.15, 0.2) is 59.1 Å². The van der Waals surface area contributed by atoms with Crippen molar-refractivity contribution in [2.24, 2.45) is 0 Å². The summed E-state index contributed by atoms with van der Waals surface area (Å²) in [7, 11) is -3.38. The molecule has 0 amide bonds. The molecule has 0 unspecified atom stereocenters. The largest absolute Gasteiger partial charge is 0.264 e. The van der Waals surface area contributed by atoms with E-state index in [0.717, 1.165) is 11.1 Å². The second-order valence-electron chi connectivity index (χ2n) is 3.95. The lowest BCUT2D eigenvalue weighted by atomic mass is 10.2. The molecule has 0 atom stereocenters. The van der Waals surface area contributed by atoms with E-state index < -0.39 is 9.84 Å². The van der Waals surface area contributed by atoms with Gasteiger partial charge in [0.1, 0.15) is 0 Å². The normalized spacial score (nSPS) is 11.8. The van der Waals surface area contributed by atoms with Gasteiger partial charge in [-0.2, -0.15) is 0 Å². The number of rotatable bonds is 3. The molecule has 1 aromatic carbocycles. The summed E-state index contributed by atoms with van der Waals surface area (Å²) in [6.07, 6.45) is 4.80. The summed E-state index contributed by atoms with van der Waals surface area (Å²) in [5, 5.41) is 1.20. The van der Waals surface area contributed by atoms with Gasteiger partial charge < -0.3 is 0 Å². The highest BCUT2D eigenvalue weighted by atomic mass is 32.2. The van der Waals surface area contributed by atoms with E-state index in [-0.39, 0.29) is 0 Å². The van der Waals surface area contributed by atoms with Crippen molar-refractivity contribution in [3.05, 3.63) is 65.3 Å². The van der Waals surface area contributed by atoms with Gasteiger partial charge in [0.15, 0.2) is 9.84 Å². The molecular weight excluding hydrogens is 246 g/mol. The van der Waals surface area contributed by atoms with Crippen LogP contribution < -0.4 is 0 Å². The molecule has 0 aliphatic heterocycles. The third kappa shape index (κ3) is 3.05. The molecule has 2 rings (SSSR count). The predicted octanol–water partition coefficient (Wildman–Crippen LogP) is 2.83. The fourth-order valence-electron chi connectivity index (χ4n) is 1.45. The average molecular weight is 259 g/mol. The number of nitrogens with zero attached hydrogens (tertiary/aromatic N) is 1. The van der Waals surface area contributed by atoms with Crippen molar-refractivity contribution >= 4 is 15.9 Å². The Balaban J connectivity index is 2.28. The lowest BCUT2D eigenvalue weighted by Gasteiger charge is -1.99. The van der Waals surface area contributed by atoms with Gasteiger partial charge in [0, 0.05) is 17.8 Å². The molecule has 3 nitrogen and oxygen atoms in total. The Morgan fingerprint density at radius 2 is 1.83 bits per heavy atom. The fraction of sp³-hybridized carbons (Fsp3) is 0.0714. The fourth-order valence-corrected chi connectivity index (χ4v) is 2.46. The molecule has 2 aromatic rings. The maximum absolute atomic E-state index is 12.0. The Morgan fingerprint density at radius 3 is 2.44 bits per heavy atom. The van der Waals surface area contributed by atoms with Crippen molar-refractivity contribution in [3.8, 4) is 0 Å². The summed E-state index contributed by atoms with van der Waals surface area (Å²) < 4.78 is 24.0. The van der Waals surface area contributed by atoms with Gasteiger partial charge in [-0.3, -0.25) is 4.98 Å². The molecule has 1 heterocycles. The van der Waals surface area contributed by atoms with Gasteiger partial charge in [-0.05, 0) is 36.8 Å². The Hall–Kier alpha value is -1.94. The van der Waals surface area contributed by atoms with Gasteiger partial charge in [0.25, 0.3) is 0 Å². The summed E-state index contributed by atoms with van der Waals surface area (Å²) in [5.41, 5.74) is 1.79. The number of aromatic nitrogens is 1. The second kappa shape index (κ2) is 5.14. The van der Waals surface area contributed by atoms with Crippen molar-refractivity contribution in [2.45, 2.75) is 11.8 Å². The van der Waals surface area contributed by atoms with Crippen LogP contribution in [-0.4, -0.2) is 13.4 Å². The van der Waals surface area contributed by atoms with E-state index in [0.29, 0.717) is 4.90 Å². The van der Waals surface area contributed by atoms with E-state index in [1.54, 1.807) is 54.9 Å². The zero-order valence-corrected chi connectivity index (χ0v) is 10.8. The van der Waals surface area contributed by atoms with Crippen molar-refractivity contribution in [3.63, 3.8) is 0 Å². The van der Waals surface area contributed by atoms with Gasteiger partial charge in [-0.15, -0.1) is 0 Å². The van der Waals surface area contributed by atoms with Crippen LogP contribution in [-0.2, 0) is 9.84 Å². The SMILES string of the molecule is Cc1ccc(S(=O)(=O)/C=C/c2cccnc2)cc1. The first-order valence-corrected chi connectivity index (χ1v) is 7.02. The molecule has 0 bridgehead atoms. The van der Waals surface area contributed by atoms with Gasteiger partial charge in [-0.25, -0.2) is 8.42 Å². The number of benzene rings is 1. The molecule has 1 aromatic heterocycles. The van der Waals surface area contributed by atoms with Crippen LogP contribution in [0, 0.1) is 6.92 Å². The quantitative estimate of drug-likeness (QED) is 0.851. The van der Waals surface area contributed by atoms with E-state index in [2.05, 4.69) is 4.98 Å². The second-order valence-corrected chi connectivity index (χ2v) is 5.78. The topological polar surface area (TPSA) is 47.0 Å². The summed E-state index contributed by atoms with van der Waals surface area (Å²) >= 11 is 0. The standard InChI is InChI=1S/C14H13NO2S/c1-12-4-6-14(7-5-12)18(16,17)10-8-13-3-2-9-15-11-13/h2-11H,1H3/b10-8+. The molecule has 0 aliphatic rings. The summed E-state index contributed by atoms with van der Waals surface area (Å²) in [6, 6.07) is 10.3. The summed E-state index contributed by atoms with van der Waals surface area (Å²) in [5.74, 6) is 0. The number of sulfone groups is 1. The first kappa shape index (κ1) is 12.5. The molecule has 0 N–H and O–H groups in total. The molecule has 0 radical (unpaired) electrons. The molecule has 0 spiro atoms. The van der Waals surface area contributed by atoms with Crippen LogP contribution >= 0.6 is 0 Å². The Bertz CT molecular complexity index is 644. The van der Waals surface area contributed by atoms with Crippen LogP contribution in [0.4, 0.5) is 0 Å². The van der Waals surface area contributed by atoms with Crippen molar-refractivity contribution in [2.75, 3.05) is 0 Å². The Labute approximate surface area is 107 Å². The Kier molecular flexibility index (Phi) is 3.58. The summed E-state index contributed by atoms with van der Waals surface area (Å²) in [6.45, 7) is 1.92. The first-order valence-electron chi connectivity index (χ1n) is 5.48. The molecule has 0 aliphatic carbocycles. The maximum Gasteiger partial charge on any atom is 0.199 e. The van der Waals surface area contributed by atoms with Gasteiger partial charge in [0.2, 0.25) is 0 Å². The highest BCUT2D eigenvalue weighted by molar-refractivity contribution is 7.94. The van der Waals surface area contributed by atoms with Crippen molar-refractivity contribution in [1.29, 1.82) is 0 Å². The molecule has 0 saturated heterocycles. The van der Waals surface area contributed by atoms with Gasteiger partial charge in [0.05, 0.1) is 4.90 Å². The third-order valence-corrected chi connectivity index (χ3v) is 3.90. The number of pyridine rings is 1. The molecular formula is C14H13NO2S. The van der Waals surface area contributed by atoms with Crippen LogP contribution in [0.25, 0.3) is 6.08 Å². The van der Waals surface area contributed by atoms with Gasteiger partial charge in [-0.1, -0.05) is 23.8 Å². The van der Waals surface area contributed by atoms with E-state index >= 15 is 0 Å². The summed E-state index contributed by atoms with van der Waals surface area (Å²) in [4.78, 5) is 4.22. The minimum atomic E-state index is -3.38. The smallest absolute Gasteiger partial charge is 0.199 e. The number of aryl methyl sites for hydroxylation is 1. The minimum absolute atomic E-state index is 0.299. The molecule has 4 heteroatoms. The molecule has 92 valence electrons. The average Bonchev–Trinajstić information content (AvgIpc) is 2.38. The molecule has 0 saturated carbocycles. The zero-order chi connectivity index (χ0) is 13.0. The monoisotopic (exact) mass is 259 g/mol. The Morgan fingerprint density at radius 1 is 1.11 bits per heavy atom. The van der Waals surface area contributed by atoms with E-state index in [1.807, 2.05) is 6.92 Å². The van der Waals surface area contributed by atoms with Gasteiger partial charge >= 0.3 is 0 Å². The van der Waals surface area contributed by atoms with Crippen LogP contribution in [0.1, 0.15) is 11.1 Å². The lowest BCUT2D eigenvalue weighted by Crippen LogP contribution is -1.95. The predicted molar refractivity (Wildman–Crippen MR) is 71.6 cm³/mol. The highest BCUT2D eigenvalue weighted by Crippen LogP contribution is 2.14.